The highest BCUT2D eigenvalue weighted by atomic mass is 16.4. The lowest BCUT2D eigenvalue weighted by Crippen LogP contribution is -2.14. The summed E-state index contributed by atoms with van der Waals surface area (Å²) in [5.41, 5.74) is 2.41. The summed E-state index contributed by atoms with van der Waals surface area (Å²) in [5.74, 6) is -0.0470. The first-order valence-electron chi connectivity index (χ1n) is 7.99. The molecule has 1 aliphatic rings. The number of hydrogen-bond donors (Lipinski definition) is 1. The van der Waals surface area contributed by atoms with E-state index < -0.39 is 5.97 Å². The minimum absolute atomic E-state index is 0.465. The van der Waals surface area contributed by atoms with E-state index in [1.54, 1.807) is 0 Å². The maximum atomic E-state index is 11.6. The molecule has 3 rings (SSSR count). The fourth-order valence-corrected chi connectivity index (χ4v) is 3.77. The highest BCUT2D eigenvalue weighted by Crippen LogP contribution is 2.30. The minimum Gasteiger partial charge on any atom is -0.477 e. The molecule has 1 heterocycles. The number of fused-ring (bicyclic) bond motifs is 1. The van der Waals surface area contributed by atoms with Crippen LogP contribution < -0.4 is 0 Å². The second-order valence-corrected chi connectivity index (χ2v) is 6.24. The summed E-state index contributed by atoms with van der Waals surface area (Å²) in [6, 6.07) is 8.03. The molecule has 0 atom stereocenters. The van der Waals surface area contributed by atoms with Crippen LogP contribution in [-0.2, 0) is 6.54 Å². The standard InChI is InChI=1S/C18H23NO2/c1-13-15-9-5-6-10-16(15)19(17(13)18(20)21)12-11-14-7-3-2-4-8-14/h5-6,9-10,14H,2-4,7-8,11-12H2,1H3,(H,20,21). The molecule has 0 bridgehead atoms. The maximum absolute atomic E-state index is 11.6. The highest BCUT2D eigenvalue weighted by Gasteiger charge is 2.20. The zero-order chi connectivity index (χ0) is 14.8. The maximum Gasteiger partial charge on any atom is 0.352 e. The quantitative estimate of drug-likeness (QED) is 0.890. The van der Waals surface area contributed by atoms with Crippen molar-refractivity contribution < 1.29 is 9.90 Å². The van der Waals surface area contributed by atoms with Crippen LogP contribution in [-0.4, -0.2) is 15.6 Å². The smallest absolute Gasteiger partial charge is 0.352 e. The van der Waals surface area contributed by atoms with Crippen molar-refractivity contribution in [3.05, 3.63) is 35.5 Å². The van der Waals surface area contributed by atoms with E-state index in [1.807, 2.05) is 35.8 Å². The van der Waals surface area contributed by atoms with E-state index in [9.17, 15) is 9.90 Å². The summed E-state index contributed by atoms with van der Waals surface area (Å²) >= 11 is 0. The van der Waals surface area contributed by atoms with Crippen LogP contribution in [0.25, 0.3) is 10.9 Å². The molecule has 1 fully saturated rings. The third-order valence-corrected chi connectivity index (χ3v) is 4.91. The highest BCUT2D eigenvalue weighted by molar-refractivity contribution is 5.98. The molecule has 0 aliphatic heterocycles. The molecule has 3 heteroatoms. The van der Waals surface area contributed by atoms with Crippen LogP contribution in [0.15, 0.2) is 24.3 Å². The van der Waals surface area contributed by atoms with Crippen molar-refractivity contribution in [2.45, 2.75) is 52.0 Å². The molecule has 0 radical (unpaired) electrons. The summed E-state index contributed by atoms with van der Waals surface area (Å²) in [7, 11) is 0. The molecule has 0 spiro atoms. The Morgan fingerprint density at radius 1 is 1.24 bits per heavy atom. The van der Waals surface area contributed by atoms with Crippen molar-refractivity contribution in [2.75, 3.05) is 0 Å². The van der Waals surface area contributed by atoms with Crippen LogP contribution in [0, 0.1) is 12.8 Å². The summed E-state index contributed by atoms with van der Waals surface area (Å²) in [6.07, 6.45) is 7.74. The average Bonchev–Trinajstić information content (AvgIpc) is 2.79. The monoisotopic (exact) mass is 285 g/mol. The zero-order valence-electron chi connectivity index (χ0n) is 12.6. The van der Waals surface area contributed by atoms with E-state index in [0.29, 0.717) is 5.69 Å². The van der Waals surface area contributed by atoms with Crippen molar-refractivity contribution in [1.82, 2.24) is 4.57 Å². The number of nitrogens with zero attached hydrogens (tertiary/aromatic N) is 1. The van der Waals surface area contributed by atoms with Crippen molar-refractivity contribution in [1.29, 1.82) is 0 Å². The van der Waals surface area contributed by atoms with Crippen molar-refractivity contribution in [3.8, 4) is 0 Å². The number of aromatic carboxylic acids is 1. The predicted molar refractivity (Wildman–Crippen MR) is 84.8 cm³/mol. The van der Waals surface area contributed by atoms with Gasteiger partial charge in [0.15, 0.2) is 0 Å². The summed E-state index contributed by atoms with van der Waals surface area (Å²) < 4.78 is 2.02. The molecule has 3 nitrogen and oxygen atoms in total. The van der Waals surface area contributed by atoms with Gasteiger partial charge in [-0.2, -0.15) is 0 Å². The second-order valence-electron chi connectivity index (χ2n) is 6.24. The Labute approximate surface area is 125 Å². The first kappa shape index (κ1) is 14.2. The molecule has 1 aromatic heterocycles. The van der Waals surface area contributed by atoms with Gasteiger partial charge in [0.1, 0.15) is 5.69 Å². The third-order valence-electron chi connectivity index (χ3n) is 4.91. The van der Waals surface area contributed by atoms with Gasteiger partial charge in [0.25, 0.3) is 0 Å². The van der Waals surface area contributed by atoms with Crippen molar-refractivity contribution in [3.63, 3.8) is 0 Å². The predicted octanol–water partition coefficient (Wildman–Crippen LogP) is 4.62. The molecule has 1 saturated carbocycles. The molecule has 1 aliphatic carbocycles. The summed E-state index contributed by atoms with van der Waals surface area (Å²) in [4.78, 5) is 11.6. The molecule has 2 aromatic rings. The fraction of sp³-hybridized carbons (Fsp3) is 0.500. The normalized spacial score (nSPS) is 16.4. The van der Waals surface area contributed by atoms with E-state index in [4.69, 9.17) is 0 Å². The first-order valence-corrected chi connectivity index (χ1v) is 7.99. The molecular formula is C18H23NO2. The Morgan fingerprint density at radius 3 is 2.67 bits per heavy atom. The lowest BCUT2D eigenvalue weighted by Gasteiger charge is -2.22. The van der Waals surface area contributed by atoms with Gasteiger partial charge in [-0.15, -0.1) is 0 Å². The van der Waals surface area contributed by atoms with Crippen LogP contribution >= 0.6 is 0 Å². The molecule has 21 heavy (non-hydrogen) atoms. The van der Waals surface area contributed by atoms with Crippen LogP contribution in [0.2, 0.25) is 0 Å². The SMILES string of the molecule is Cc1c(C(=O)O)n(CCC2CCCCC2)c2ccccc12. The number of para-hydroxylation sites is 1. The number of carboxylic acid groups (broad SMARTS) is 1. The van der Waals surface area contributed by atoms with E-state index in [-0.39, 0.29) is 0 Å². The molecule has 112 valence electrons. The van der Waals surface area contributed by atoms with Gasteiger partial charge in [0.2, 0.25) is 0 Å². The molecule has 1 aromatic carbocycles. The number of hydrogen-bond acceptors (Lipinski definition) is 1. The van der Waals surface area contributed by atoms with E-state index in [2.05, 4.69) is 0 Å². The number of rotatable bonds is 4. The lowest BCUT2D eigenvalue weighted by molar-refractivity contribution is 0.0684. The van der Waals surface area contributed by atoms with Crippen molar-refractivity contribution in [2.24, 2.45) is 5.92 Å². The van der Waals surface area contributed by atoms with Crippen LogP contribution in [0.5, 0.6) is 0 Å². The fourth-order valence-electron chi connectivity index (χ4n) is 3.77. The van der Waals surface area contributed by atoms with Gasteiger partial charge >= 0.3 is 5.97 Å². The number of aryl methyl sites for hydroxylation is 2. The zero-order valence-corrected chi connectivity index (χ0v) is 12.6. The van der Waals surface area contributed by atoms with Gasteiger partial charge in [0.05, 0.1) is 0 Å². The van der Waals surface area contributed by atoms with Gasteiger partial charge in [-0.3, -0.25) is 0 Å². The Bertz CT molecular complexity index is 651. The Morgan fingerprint density at radius 2 is 1.95 bits per heavy atom. The van der Waals surface area contributed by atoms with Gasteiger partial charge in [0, 0.05) is 17.4 Å². The molecule has 0 unspecified atom stereocenters. The third kappa shape index (κ3) is 2.69. The van der Waals surface area contributed by atoms with Gasteiger partial charge in [-0.1, -0.05) is 50.3 Å². The van der Waals surface area contributed by atoms with E-state index in [0.717, 1.165) is 35.3 Å². The molecule has 0 amide bonds. The number of aromatic nitrogens is 1. The Balaban J connectivity index is 1.92. The van der Waals surface area contributed by atoms with Crippen molar-refractivity contribution >= 4 is 16.9 Å². The van der Waals surface area contributed by atoms with Crippen LogP contribution in [0.4, 0.5) is 0 Å². The van der Waals surface area contributed by atoms with E-state index in [1.165, 1.54) is 32.1 Å². The number of benzene rings is 1. The summed E-state index contributed by atoms with van der Waals surface area (Å²) in [6.45, 7) is 2.74. The summed E-state index contributed by atoms with van der Waals surface area (Å²) in [5, 5.41) is 10.6. The van der Waals surface area contributed by atoms with Crippen LogP contribution in [0.3, 0.4) is 0 Å². The number of carboxylic acids is 1. The largest absolute Gasteiger partial charge is 0.477 e. The lowest BCUT2D eigenvalue weighted by atomic mass is 9.87. The Kier molecular flexibility index (Phi) is 4.00. The molecular weight excluding hydrogens is 262 g/mol. The Hall–Kier alpha value is -1.77. The van der Waals surface area contributed by atoms with E-state index >= 15 is 0 Å². The van der Waals surface area contributed by atoms with Gasteiger partial charge in [-0.25, -0.2) is 4.79 Å². The first-order chi connectivity index (χ1) is 10.2. The average molecular weight is 285 g/mol. The topological polar surface area (TPSA) is 42.2 Å². The second kappa shape index (κ2) is 5.92. The molecule has 0 saturated heterocycles. The van der Waals surface area contributed by atoms with Crippen LogP contribution in [0.1, 0.15) is 54.6 Å². The minimum atomic E-state index is -0.813. The molecule has 1 N–H and O–H groups in total. The van der Waals surface area contributed by atoms with Gasteiger partial charge in [-0.05, 0) is 30.9 Å². The van der Waals surface area contributed by atoms with Gasteiger partial charge < -0.3 is 9.67 Å². The number of carbonyl (C=O) groups is 1.